The summed E-state index contributed by atoms with van der Waals surface area (Å²) in [5.74, 6) is -0.524. The number of H-pyrrole nitrogens is 1. The van der Waals surface area contributed by atoms with Crippen LogP contribution in [0.5, 0.6) is 5.75 Å². The van der Waals surface area contributed by atoms with Crippen LogP contribution in [0.1, 0.15) is 50.6 Å². The average molecular weight is 377 g/mol. The molecule has 1 aromatic heterocycles. The number of aromatic amines is 1. The number of nitrogens with zero attached hydrogens (tertiary/aromatic N) is 2. The molecule has 0 unspecified atom stereocenters. The van der Waals surface area contributed by atoms with Crippen LogP contribution < -0.4 is 4.90 Å². The SMILES string of the molecule is CCOC(=O)c1ccc(N2C(=O)c3n[nH]c(C)c3[C@@H]2c2cccc(O)c2)cc1. The number of amides is 1. The number of nitrogens with one attached hydrogen (secondary N) is 1. The van der Waals surface area contributed by atoms with Crippen LogP contribution in [0.15, 0.2) is 48.5 Å². The second-order valence-electron chi connectivity index (χ2n) is 6.55. The summed E-state index contributed by atoms with van der Waals surface area (Å²) in [4.78, 5) is 26.6. The third-order valence-corrected chi connectivity index (χ3v) is 4.79. The van der Waals surface area contributed by atoms with E-state index in [0.29, 0.717) is 23.6 Å². The Labute approximate surface area is 161 Å². The maximum absolute atomic E-state index is 13.1. The Morgan fingerprint density at radius 3 is 2.68 bits per heavy atom. The number of hydrogen-bond acceptors (Lipinski definition) is 5. The summed E-state index contributed by atoms with van der Waals surface area (Å²) in [6.45, 7) is 3.91. The molecule has 28 heavy (non-hydrogen) atoms. The first-order chi connectivity index (χ1) is 13.5. The van der Waals surface area contributed by atoms with Crippen LogP contribution in [0.3, 0.4) is 0 Å². The smallest absolute Gasteiger partial charge is 0.338 e. The number of carbonyl (C=O) groups excluding carboxylic acids is 2. The Kier molecular flexibility index (Phi) is 4.35. The van der Waals surface area contributed by atoms with E-state index in [1.165, 1.54) is 0 Å². The average Bonchev–Trinajstić information content (AvgIpc) is 3.20. The fraction of sp³-hybridized carbons (Fsp3) is 0.190. The Bertz CT molecular complexity index is 1060. The van der Waals surface area contributed by atoms with Gasteiger partial charge in [-0.25, -0.2) is 4.79 Å². The third kappa shape index (κ3) is 2.81. The number of phenols is 1. The Morgan fingerprint density at radius 2 is 2.00 bits per heavy atom. The van der Waals surface area contributed by atoms with E-state index in [-0.39, 0.29) is 11.7 Å². The summed E-state index contributed by atoms with van der Waals surface area (Å²) in [5.41, 5.74) is 3.75. The Hall–Kier alpha value is -3.61. The first-order valence-electron chi connectivity index (χ1n) is 8.95. The van der Waals surface area contributed by atoms with Crippen molar-refractivity contribution in [2.24, 2.45) is 0 Å². The van der Waals surface area contributed by atoms with Crippen LogP contribution in [0, 0.1) is 6.92 Å². The minimum absolute atomic E-state index is 0.122. The summed E-state index contributed by atoms with van der Waals surface area (Å²) in [6, 6.07) is 13.1. The van der Waals surface area contributed by atoms with Crippen molar-refractivity contribution >= 4 is 17.6 Å². The second kappa shape index (κ2) is 6.84. The molecule has 0 bridgehead atoms. The number of fused-ring (bicyclic) bond motifs is 1. The number of benzene rings is 2. The highest BCUT2D eigenvalue weighted by molar-refractivity contribution is 6.10. The van der Waals surface area contributed by atoms with E-state index >= 15 is 0 Å². The molecule has 1 aliphatic heterocycles. The van der Waals surface area contributed by atoms with Gasteiger partial charge in [-0.3, -0.25) is 14.8 Å². The maximum atomic E-state index is 13.1. The van der Waals surface area contributed by atoms with E-state index in [1.807, 2.05) is 13.0 Å². The lowest BCUT2D eigenvalue weighted by molar-refractivity contribution is 0.0526. The van der Waals surface area contributed by atoms with E-state index in [0.717, 1.165) is 16.8 Å². The minimum Gasteiger partial charge on any atom is -0.508 e. The molecule has 7 nitrogen and oxygen atoms in total. The predicted octanol–water partition coefficient (Wildman–Crippen LogP) is 3.35. The van der Waals surface area contributed by atoms with Crippen molar-refractivity contribution in [3.8, 4) is 5.75 Å². The first-order valence-corrected chi connectivity index (χ1v) is 8.95. The second-order valence-corrected chi connectivity index (χ2v) is 6.55. The number of phenolic OH excluding ortho intramolecular Hbond substituents is 1. The van der Waals surface area contributed by atoms with Crippen molar-refractivity contribution in [3.63, 3.8) is 0 Å². The van der Waals surface area contributed by atoms with Crippen LogP contribution in [0.25, 0.3) is 0 Å². The largest absolute Gasteiger partial charge is 0.508 e. The quantitative estimate of drug-likeness (QED) is 0.680. The van der Waals surface area contributed by atoms with Gasteiger partial charge in [-0.05, 0) is 55.8 Å². The summed E-state index contributed by atoms with van der Waals surface area (Å²) in [6.07, 6.45) is 0. The fourth-order valence-corrected chi connectivity index (χ4v) is 3.55. The molecular formula is C21H19N3O4. The van der Waals surface area contributed by atoms with E-state index in [2.05, 4.69) is 10.2 Å². The van der Waals surface area contributed by atoms with Gasteiger partial charge in [-0.2, -0.15) is 5.10 Å². The summed E-state index contributed by atoms with van der Waals surface area (Å²) >= 11 is 0. The zero-order chi connectivity index (χ0) is 19.8. The van der Waals surface area contributed by atoms with Crippen molar-refractivity contribution in [1.29, 1.82) is 0 Å². The number of hydrogen-bond donors (Lipinski definition) is 2. The standard InChI is InChI=1S/C21H19N3O4/c1-3-28-21(27)13-7-9-15(10-8-13)24-19(14-5-4-6-16(25)11-14)17-12(2)22-23-18(17)20(24)26/h4-11,19,25H,3H2,1-2H3,(H,22,23)/t19-/m0/s1. The van der Waals surface area contributed by atoms with Crippen molar-refractivity contribution in [2.75, 3.05) is 11.5 Å². The van der Waals surface area contributed by atoms with E-state index in [9.17, 15) is 14.7 Å². The monoisotopic (exact) mass is 377 g/mol. The molecular weight excluding hydrogens is 358 g/mol. The molecule has 0 spiro atoms. The summed E-state index contributed by atoms with van der Waals surface area (Å²) < 4.78 is 5.01. The molecule has 3 aromatic rings. The molecule has 4 rings (SSSR count). The van der Waals surface area contributed by atoms with Crippen LogP contribution in [0.2, 0.25) is 0 Å². The highest BCUT2D eigenvalue weighted by Gasteiger charge is 2.42. The fourth-order valence-electron chi connectivity index (χ4n) is 3.55. The molecule has 0 saturated carbocycles. The molecule has 2 N–H and O–H groups in total. The molecule has 2 heterocycles. The van der Waals surface area contributed by atoms with Crippen molar-refractivity contribution in [1.82, 2.24) is 10.2 Å². The lowest BCUT2D eigenvalue weighted by Gasteiger charge is -2.26. The van der Waals surface area contributed by atoms with E-state index < -0.39 is 12.0 Å². The zero-order valence-corrected chi connectivity index (χ0v) is 15.5. The highest BCUT2D eigenvalue weighted by atomic mass is 16.5. The number of esters is 1. The Morgan fingerprint density at radius 1 is 1.25 bits per heavy atom. The first kappa shape index (κ1) is 17.8. The molecule has 0 saturated heterocycles. The van der Waals surface area contributed by atoms with Crippen molar-refractivity contribution in [3.05, 3.63) is 76.6 Å². The van der Waals surface area contributed by atoms with Crippen molar-refractivity contribution < 1.29 is 19.4 Å². The molecule has 1 aliphatic rings. The molecule has 7 heteroatoms. The van der Waals surface area contributed by atoms with Gasteiger partial charge in [0.15, 0.2) is 5.69 Å². The van der Waals surface area contributed by atoms with Crippen LogP contribution in [0.4, 0.5) is 5.69 Å². The van der Waals surface area contributed by atoms with Gasteiger partial charge in [-0.1, -0.05) is 12.1 Å². The molecule has 0 radical (unpaired) electrons. The van der Waals surface area contributed by atoms with Gasteiger partial charge >= 0.3 is 5.97 Å². The number of aromatic hydroxyl groups is 1. The zero-order valence-electron chi connectivity index (χ0n) is 15.5. The van der Waals surface area contributed by atoms with Crippen LogP contribution in [-0.2, 0) is 4.74 Å². The lowest BCUT2D eigenvalue weighted by Crippen LogP contribution is -2.29. The molecule has 1 amide bonds. The minimum atomic E-state index is -0.429. The molecule has 142 valence electrons. The number of anilines is 1. The topological polar surface area (TPSA) is 95.5 Å². The maximum Gasteiger partial charge on any atom is 0.338 e. The predicted molar refractivity (Wildman–Crippen MR) is 102 cm³/mol. The number of aromatic nitrogens is 2. The third-order valence-electron chi connectivity index (χ3n) is 4.79. The van der Waals surface area contributed by atoms with Gasteiger partial charge in [0.2, 0.25) is 0 Å². The van der Waals surface area contributed by atoms with Crippen LogP contribution >= 0.6 is 0 Å². The normalized spacial score (nSPS) is 15.6. The van der Waals surface area contributed by atoms with Gasteiger partial charge in [-0.15, -0.1) is 0 Å². The number of aryl methyl sites for hydroxylation is 1. The molecule has 0 aliphatic carbocycles. The highest BCUT2D eigenvalue weighted by Crippen LogP contribution is 2.42. The van der Waals surface area contributed by atoms with Gasteiger partial charge < -0.3 is 9.84 Å². The van der Waals surface area contributed by atoms with Gasteiger partial charge in [0.25, 0.3) is 5.91 Å². The van der Waals surface area contributed by atoms with E-state index in [1.54, 1.807) is 54.3 Å². The molecule has 0 fully saturated rings. The van der Waals surface area contributed by atoms with Crippen LogP contribution in [-0.4, -0.2) is 33.8 Å². The summed E-state index contributed by atoms with van der Waals surface area (Å²) in [7, 11) is 0. The molecule has 2 aromatic carbocycles. The van der Waals surface area contributed by atoms with Gasteiger partial charge in [0.1, 0.15) is 5.75 Å². The van der Waals surface area contributed by atoms with Crippen molar-refractivity contribution in [2.45, 2.75) is 19.9 Å². The molecule has 1 atom stereocenters. The lowest BCUT2D eigenvalue weighted by atomic mass is 9.98. The number of ether oxygens (including phenoxy) is 1. The number of rotatable bonds is 4. The Balaban J connectivity index is 1.79. The number of carbonyl (C=O) groups is 2. The summed E-state index contributed by atoms with van der Waals surface area (Å²) in [5, 5.41) is 17.0. The van der Waals surface area contributed by atoms with E-state index in [4.69, 9.17) is 4.74 Å². The van der Waals surface area contributed by atoms with Gasteiger partial charge in [0.05, 0.1) is 18.2 Å². The van der Waals surface area contributed by atoms with Gasteiger partial charge in [0, 0.05) is 16.9 Å².